The normalized spacial score (nSPS) is 14.6. The van der Waals surface area contributed by atoms with Gasteiger partial charge in [0.15, 0.2) is 0 Å². The third kappa shape index (κ3) is 7.17. The van der Waals surface area contributed by atoms with E-state index in [1.807, 2.05) is 12.1 Å². The number of nitrogens with zero attached hydrogens (tertiary/aromatic N) is 2. The largest absolute Gasteiger partial charge is 0.458 e. The summed E-state index contributed by atoms with van der Waals surface area (Å²) in [5.41, 5.74) is 13.4. The van der Waals surface area contributed by atoms with Crippen LogP contribution in [0.15, 0.2) is 206 Å². The Morgan fingerprint density at radius 3 is 1.55 bits per heavy atom. The van der Waals surface area contributed by atoms with E-state index in [0.717, 1.165) is 87.7 Å². The van der Waals surface area contributed by atoms with Gasteiger partial charge < -0.3 is 13.9 Å². The van der Waals surface area contributed by atoms with Gasteiger partial charge in [-0.15, -0.1) is 0 Å². The monoisotopic (exact) mass is 989 g/mol. The average molecular weight is 989 g/mol. The van der Waals surface area contributed by atoms with Crippen molar-refractivity contribution < 1.29 is 15.7 Å². The smallest absolute Gasteiger partial charge is 0.256 e. The van der Waals surface area contributed by atoms with Gasteiger partial charge in [-0.05, 0) is 129 Å². The Morgan fingerprint density at radius 1 is 0.382 bits per heavy atom. The minimum absolute atomic E-state index is 0.00671. The molecule has 0 fully saturated rings. The molecule has 0 radical (unpaired) electrons. The van der Waals surface area contributed by atoms with Gasteiger partial charge in [-0.2, -0.15) is 0 Å². The van der Waals surface area contributed by atoms with Crippen LogP contribution in [0.4, 0.5) is 0 Å². The maximum Gasteiger partial charge on any atom is 0.256 e. The fourth-order valence-corrected chi connectivity index (χ4v) is 12.1. The number of benzene rings is 10. The summed E-state index contributed by atoms with van der Waals surface area (Å²) in [7, 11) is 0. The highest BCUT2D eigenvalue weighted by atomic mass is 16.5. The predicted octanol–water partition coefficient (Wildman–Crippen LogP) is 17.5. The van der Waals surface area contributed by atoms with Gasteiger partial charge in [0, 0.05) is 38.8 Å². The van der Waals surface area contributed by atoms with Gasteiger partial charge in [-0.1, -0.05) is 226 Å². The van der Waals surface area contributed by atoms with Crippen LogP contribution in [-0.4, -0.2) is 15.8 Å². The lowest BCUT2D eigenvalue weighted by Gasteiger charge is -2.35. The van der Waals surface area contributed by atoms with Crippen LogP contribution >= 0.6 is 0 Å². The van der Waals surface area contributed by atoms with E-state index >= 15 is 0 Å². The highest BCUT2D eigenvalue weighted by Crippen LogP contribution is 2.43. The second kappa shape index (κ2) is 16.6. The number of para-hydroxylation sites is 3. The standard InChI is InChI=1S/C72H61BN2O/c1-70(2,3)48-22-20-21-44(35-48)45-33-34-60-66(40-45)76-67-43-51(74-62-30-17-15-28-57(62)58-29-16-18-31-63(58)74)42-65-68(67)73(60)61-39-47(46-36-49(71(4,5)6)41-50(37-46)72(7,8)9)38-59-55-26-13-11-24-53(55)52-23-10-12-25-54(52)56-27-14-19-32-64(56)75(65)69(59)61/h10-43H,1-9H3/i15D,16D,17D,18D,28D,29D,30D,31D. The lowest BCUT2D eigenvalue weighted by molar-refractivity contribution is 0.487. The zero-order valence-corrected chi connectivity index (χ0v) is 44.4. The molecule has 4 heterocycles. The van der Waals surface area contributed by atoms with Gasteiger partial charge in [0.2, 0.25) is 0 Å². The number of fused-ring (bicyclic) bond motifs is 14. The summed E-state index contributed by atoms with van der Waals surface area (Å²) in [5, 5.41) is 6.23. The molecule has 0 spiro atoms. The summed E-state index contributed by atoms with van der Waals surface area (Å²) >= 11 is 0. The molecular formula is C72H61BN2O. The molecule has 14 rings (SSSR count). The molecule has 0 N–H and O–H groups in total. The molecule has 368 valence electrons. The molecule has 0 atom stereocenters. The quantitative estimate of drug-likeness (QED) is 0.161. The zero-order valence-electron chi connectivity index (χ0n) is 52.4. The molecule has 0 bridgehead atoms. The third-order valence-corrected chi connectivity index (χ3v) is 16.1. The van der Waals surface area contributed by atoms with Crippen LogP contribution in [0.1, 0.15) is 90.0 Å². The summed E-state index contributed by atoms with van der Waals surface area (Å²) in [6, 6.07) is 53.3. The molecule has 3 nitrogen and oxygen atoms in total. The lowest BCUT2D eigenvalue weighted by Crippen LogP contribution is -2.58. The van der Waals surface area contributed by atoms with Crippen LogP contribution in [-0.2, 0) is 16.2 Å². The van der Waals surface area contributed by atoms with Crippen molar-refractivity contribution in [2.45, 2.75) is 78.6 Å². The number of ether oxygens (including phenoxy) is 1. The molecule has 2 aromatic heterocycles. The van der Waals surface area contributed by atoms with E-state index < -0.39 is 43.0 Å². The number of aromatic nitrogens is 2. The lowest BCUT2D eigenvalue weighted by atomic mass is 9.34. The van der Waals surface area contributed by atoms with Gasteiger partial charge in [-0.25, -0.2) is 0 Å². The molecule has 4 heteroatoms. The predicted molar refractivity (Wildman–Crippen MR) is 326 cm³/mol. The van der Waals surface area contributed by atoms with E-state index in [1.165, 1.54) is 16.7 Å². The molecule has 2 aliphatic heterocycles. The van der Waals surface area contributed by atoms with Crippen molar-refractivity contribution >= 4 is 88.3 Å². The fourth-order valence-electron chi connectivity index (χ4n) is 12.1. The van der Waals surface area contributed by atoms with E-state index in [9.17, 15) is 5.48 Å². The first kappa shape index (κ1) is 38.3. The molecule has 2 aliphatic rings. The Balaban J connectivity index is 1.23. The minimum atomic E-state index is -0.497. The number of hydrogen-bond acceptors (Lipinski definition) is 1. The van der Waals surface area contributed by atoms with Crippen molar-refractivity contribution in [3.05, 3.63) is 223 Å². The van der Waals surface area contributed by atoms with Crippen LogP contribution in [0.3, 0.4) is 0 Å². The van der Waals surface area contributed by atoms with E-state index in [2.05, 4.69) is 212 Å². The maximum atomic E-state index is 9.62. The van der Waals surface area contributed by atoms with Crippen LogP contribution in [0, 0.1) is 0 Å². The van der Waals surface area contributed by atoms with Gasteiger partial charge in [0.25, 0.3) is 6.71 Å². The summed E-state index contributed by atoms with van der Waals surface area (Å²) in [4.78, 5) is 0. The van der Waals surface area contributed by atoms with Crippen molar-refractivity contribution in [3.63, 3.8) is 0 Å². The van der Waals surface area contributed by atoms with Crippen molar-refractivity contribution in [3.8, 4) is 45.1 Å². The first-order chi connectivity index (χ1) is 39.9. The zero-order chi connectivity index (χ0) is 59.0. The SMILES string of the molecule is [2H]c1c([2H])c([2H])c2c(c1[2H])c1c([2H])c([2H])c([2H])c([2H])c1n2-c1cc2c3c(c1)-n1c4ccccc4c4ccccc4c4ccccc4c4cc(-c5cc(C(C)(C)C)cc(C(C)(C)C)c5)cc(c41)B3c1ccc(-c3cccc(C(C)(C)C)c3)cc1O2. The van der Waals surface area contributed by atoms with Crippen molar-refractivity contribution in [1.29, 1.82) is 0 Å². The number of hydrogen-bond donors (Lipinski definition) is 0. The second-order valence-corrected chi connectivity index (χ2v) is 24.0. The third-order valence-electron chi connectivity index (χ3n) is 16.1. The Morgan fingerprint density at radius 2 is 0.921 bits per heavy atom. The molecule has 0 unspecified atom stereocenters. The molecular weight excluding hydrogens is 920 g/mol. The maximum absolute atomic E-state index is 9.62. The molecule has 12 aromatic rings. The van der Waals surface area contributed by atoms with Gasteiger partial charge in [0.1, 0.15) is 11.5 Å². The molecule has 10 aromatic carbocycles. The Bertz CT molecular complexity index is 4890. The first-order valence-electron chi connectivity index (χ1n) is 30.4. The summed E-state index contributed by atoms with van der Waals surface area (Å²) in [5.74, 6) is 1.15. The second-order valence-electron chi connectivity index (χ2n) is 24.0. The summed E-state index contributed by atoms with van der Waals surface area (Å²) in [6.45, 7) is 19.9. The molecule has 0 amide bonds. The molecule has 76 heavy (non-hydrogen) atoms. The minimum Gasteiger partial charge on any atom is -0.458 e. The number of rotatable bonds is 3. The topological polar surface area (TPSA) is 19.1 Å². The Kier molecular flexibility index (Phi) is 8.35. The molecule has 0 saturated heterocycles. The van der Waals surface area contributed by atoms with Crippen molar-refractivity contribution in [2.75, 3.05) is 0 Å². The average Bonchev–Trinajstić information content (AvgIpc) is 1.48. The van der Waals surface area contributed by atoms with Crippen LogP contribution in [0.25, 0.3) is 98.8 Å². The molecule has 0 saturated carbocycles. The Hall–Kier alpha value is -8.34. The highest BCUT2D eigenvalue weighted by molar-refractivity contribution is 6.99. The summed E-state index contributed by atoms with van der Waals surface area (Å²) < 4.78 is 85.3. The van der Waals surface area contributed by atoms with Crippen LogP contribution in [0.2, 0.25) is 0 Å². The van der Waals surface area contributed by atoms with Crippen LogP contribution in [0.5, 0.6) is 11.5 Å². The van der Waals surface area contributed by atoms with E-state index in [0.29, 0.717) is 17.2 Å². The van der Waals surface area contributed by atoms with E-state index in [4.69, 9.17) is 10.2 Å². The highest BCUT2D eigenvalue weighted by Gasteiger charge is 2.41. The van der Waals surface area contributed by atoms with Gasteiger partial charge in [-0.3, -0.25) is 0 Å². The van der Waals surface area contributed by atoms with Crippen molar-refractivity contribution in [1.82, 2.24) is 9.13 Å². The van der Waals surface area contributed by atoms with Gasteiger partial charge in [0.05, 0.1) is 33.2 Å². The fraction of sp³-hybridized carbons (Fsp3) is 0.167. The Labute approximate surface area is 457 Å². The first-order valence-corrected chi connectivity index (χ1v) is 26.4. The van der Waals surface area contributed by atoms with E-state index in [-0.39, 0.29) is 50.1 Å². The molecule has 0 aliphatic carbocycles. The van der Waals surface area contributed by atoms with Gasteiger partial charge >= 0.3 is 0 Å². The van der Waals surface area contributed by atoms with Crippen LogP contribution < -0.4 is 21.1 Å². The summed E-state index contributed by atoms with van der Waals surface area (Å²) in [6.07, 6.45) is 0. The van der Waals surface area contributed by atoms with Crippen molar-refractivity contribution in [2.24, 2.45) is 0 Å². The van der Waals surface area contributed by atoms with E-state index in [1.54, 1.807) is 4.57 Å².